The molecule has 0 bridgehead atoms. The zero-order valence-electron chi connectivity index (χ0n) is 21.1. The van der Waals surface area contributed by atoms with Crippen molar-refractivity contribution in [2.75, 3.05) is 31.9 Å². The van der Waals surface area contributed by atoms with Gasteiger partial charge in [-0.15, -0.1) is 0 Å². The molecule has 0 atom stereocenters. The molecular weight excluding hydrogens is 476 g/mol. The highest BCUT2D eigenvalue weighted by atomic mass is 16.2. The summed E-state index contributed by atoms with van der Waals surface area (Å²) in [5, 5.41) is 13.7. The standard InChI is InChI=1S/C29H30N8O/c30-28-27-24(21-6-7-22-17-36(34-25(22)12-21)16-19-4-2-1-3-5-19)13-26(37(27)33-18-32-28)20-8-10-35(11-9-20)29(38)23-14-31-15-23/h1-7,12-13,17-18,20,23,31H,8-11,14-16H2,(H2,30,32,33). The Labute approximate surface area is 220 Å². The summed E-state index contributed by atoms with van der Waals surface area (Å²) in [5.41, 5.74) is 12.6. The quantitative estimate of drug-likeness (QED) is 0.379. The van der Waals surface area contributed by atoms with E-state index in [1.54, 1.807) is 0 Å². The number of carbonyl (C=O) groups is 1. The molecule has 0 saturated carbocycles. The average Bonchev–Trinajstić information content (AvgIpc) is 3.50. The summed E-state index contributed by atoms with van der Waals surface area (Å²) in [6, 6.07) is 18.9. The van der Waals surface area contributed by atoms with Crippen molar-refractivity contribution in [3.8, 4) is 11.1 Å². The Morgan fingerprint density at radius 3 is 2.63 bits per heavy atom. The van der Waals surface area contributed by atoms with Crippen LogP contribution in [0.25, 0.3) is 27.5 Å². The van der Waals surface area contributed by atoms with Crippen LogP contribution in [0.5, 0.6) is 0 Å². The summed E-state index contributed by atoms with van der Waals surface area (Å²) in [5.74, 6) is 1.18. The van der Waals surface area contributed by atoms with Crippen LogP contribution in [0, 0.1) is 5.92 Å². The van der Waals surface area contributed by atoms with Crippen LogP contribution in [0.4, 0.5) is 5.82 Å². The zero-order valence-corrected chi connectivity index (χ0v) is 21.1. The average molecular weight is 507 g/mol. The van der Waals surface area contributed by atoms with E-state index in [9.17, 15) is 4.79 Å². The Morgan fingerprint density at radius 2 is 1.87 bits per heavy atom. The minimum Gasteiger partial charge on any atom is -0.382 e. The van der Waals surface area contributed by atoms with Crippen molar-refractivity contribution in [2.45, 2.75) is 25.3 Å². The molecule has 2 aliphatic rings. The van der Waals surface area contributed by atoms with Crippen LogP contribution < -0.4 is 11.1 Å². The third kappa shape index (κ3) is 3.99. The molecule has 9 heteroatoms. The Balaban J connectivity index is 1.20. The first kappa shape index (κ1) is 22.9. The molecule has 5 aromatic rings. The van der Waals surface area contributed by atoms with Gasteiger partial charge in [-0.2, -0.15) is 10.2 Å². The van der Waals surface area contributed by atoms with Gasteiger partial charge < -0.3 is 16.0 Å². The molecule has 192 valence electrons. The lowest BCUT2D eigenvalue weighted by Crippen LogP contribution is -2.53. The highest BCUT2D eigenvalue weighted by Gasteiger charge is 2.33. The summed E-state index contributed by atoms with van der Waals surface area (Å²) in [6.07, 6.45) is 5.42. The molecule has 2 aromatic carbocycles. The number of carbonyl (C=O) groups excluding carboxylic acids is 1. The fourth-order valence-electron chi connectivity index (χ4n) is 5.81. The molecule has 7 rings (SSSR count). The smallest absolute Gasteiger partial charge is 0.228 e. The van der Waals surface area contributed by atoms with Gasteiger partial charge >= 0.3 is 0 Å². The lowest BCUT2D eigenvalue weighted by Gasteiger charge is -2.36. The van der Waals surface area contributed by atoms with Crippen molar-refractivity contribution in [2.24, 2.45) is 5.92 Å². The maximum atomic E-state index is 12.7. The van der Waals surface area contributed by atoms with Crippen molar-refractivity contribution in [1.82, 2.24) is 34.6 Å². The Kier molecular flexibility index (Phi) is 5.58. The maximum absolute atomic E-state index is 12.7. The molecular formula is C29H30N8O. The second-order valence-corrected chi connectivity index (χ2v) is 10.4. The highest BCUT2D eigenvalue weighted by molar-refractivity contribution is 5.92. The van der Waals surface area contributed by atoms with Crippen LogP contribution in [-0.4, -0.2) is 61.4 Å². The number of hydrogen-bond donors (Lipinski definition) is 2. The second-order valence-electron chi connectivity index (χ2n) is 10.4. The molecule has 2 fully saturated rings. The largest absolute Gasteiger partial charge is 0.382 e. The van der Waals surface area contributed by atoms with Crippen LogP contribution in [0.2, 0.25) is 0 Å². The van der Waals surface area contributed by atoms with Gasteiger partial charge in [0, 0.05) is 54.9 Å². The van der Waals surface area contributed by atoms with Crippen LogP contribution in [-0.2, 0) is 11.3 Å². The van der Waals surface area contributed by atoms with Gasteiger partial charge in [0.15, 0.2) is 5.82 Å². The minimum absolute atomic E-state index is 0.144. The maximum Gasteiger partial charge on any atom is 0.228 e. The number of aromatic nitrogens is 5. The van der Waals surface area contributed by atoms with Gasteiger partial charge in [-0.25, -0.2) is 9.50 Å². The van der Waals surface area contributed by atoms with Crippen LogP contribution in [0.3, 0.4) is 0 Å². The fourth-order valence-corrected chi connectivity index (χ4v) is 5.81. The third-order valence-corrected chi connectivity index (χ3v) is 8.02. The summed E-state index contributed by atoms with van der Waals surface area (Å²) in [6.45, 7) is 3.87. The van der Waals surface area contributed by atoms with E-state index in [0.717, 1.165) is 78.8 Å². The van der Waals surface area contributed by atoms with E-state index in [0.29, 0.717) is 11.7 Å². The summed E-state index contributed by atoms with van der Waals surface area (Å²) < 4.78 is 3.94. The van der Waals surface area contributed by atoms with Crippen molar-refractivity contribution in [3.63, 3.8) is 0 Å². The summed E-state index contributed by atoms with van der Waals surface area (Å²) in [7, 11) is 0. The van der Waals surface area contributed by atoms with E-state index in [4.69, 9.17) is 10.8 Å². The molecule has 5 heterocycles. The molecule has 0 unspecified atom stereocenters. The predicted molar refractivity (Wildman–Crippen MR) is 147 cm³/mol. The number of hydrogen-bond acceptors (Lipinski definition) is 6. The van der Waals surface area contributed by atoms with E-state index in [-0.39, 0.29) is 11.8 Å². The van der Waals surface area contributed by atoms with Crippen molar-refractivity contribution >= 4 is 28.1 Å². The summed E-state index contributed by atoms with van der Waals surface area (Å²) >= 11 is 0. The first-order chi connectivity index (χ1) is 18.6. The van der Waals surface area contributed by atoms with Crippen LogP contribution >= 0.6 is 0 Å². The molecule has 0 radical (unpaired) electrons. The zero-order chi connectivity index (χ0) is 25.6. The van der Waals surface area contributed by atoms with Gasteiger partial charge in [0.05, 0.1) is 18.0 Å². The van der Waals surface area contributed by atoms with E-state index in [1.807, 2.05) is 32.3 Å². The molecule has 3 N–H and O–H groups in total. The molecule has 2 saturated heterocycles. The second kappa shape index (κ2) is 9.25. The number of rotatable bonds is 5. The Bertz CT molecular complexity index is 1630. The van der Waals surface area contributed by atoms with Gasteiger partial charge in [0.25, 0.3) is 0 Å². The molecule has 0 spiro atoms. The number of amides is 1. The van der Waals surface area contributed by atoms with Gasteiger partial charge in [0.1, 0.15) is 11.8 Å². The highest BCUT2D eigenvalue weighted by Crippen LogP contribution is 2.37. The summed E-state index contributed by atoms with van der Waals surface area (Å²) in [4.78, 5) is 19.0. The molecule has 1 amide bonds. The number of nitrogens with one attached hydrogen (secondary N) is 1. The monoisotopic (exact) mass is 506 g/mol. The van der Waals surface area contributed by atoms with E-state index >= 15 is 0 Å². The number of likely N-dealkylation sites (tertiary alicyclic amines) is 1. The SMILES string of the molecule is Nc1ncnn2c(C3CCN(C(=O)C4CNC4)CC3)cc(-c3ccc4cn(Cc5ccccc5)nc4c3)c12. The normalized spacial score (nSPS) is 16.8. The lowest BCUT2D eigenvalue weighted by atomic mass is 9.91. The molecule has 2 aliphatic heterocycles. The molecule has 0 aliphatic carbocycles. The van der Waals surface area contributed by atoms with Gasteiger partial charge in [-0.1, -0.05) is 42.5 Å². The third-order valence-electron chi connectivity index (χ3n) is 8.02. The van der Waals surface area contributed by atoms with Gasteiger partial charge in [-0.05, 0) is 36.1 Å². The van der Waals surface area contributed by atoms with E-state index in [1.165, 1.54) is 11.9 Å². The number of nitrogens with two attached hydrogens (primary N) is 1. The number of benzene rings is 2. The van der Waals surface area contributed by atoms with Crippen LogP contribution in [0.1, 0.15) is 30.0 Å². The first-order valence-corrected chi connectivity index (χ1v) is 13.3. The van der Waals surface area contributed by atoms with Crippen molar-refractivity contribution < 1.29 is 4.79 Å². The van der Waals surface area contributed by atoms with E-state index < -0.39 is 0 Å². The van der Waals surface area contributed by atoms with Crippen molar-refractivity contribution in [3.05, 3.63) is 78.4 Å². The lowest BCUT2D eigenvalue weighted by molar-refractivity contribution is -0.138. The number of fused-ring (bicyclic) bond motifs is 2. The topological polar surface area (TPSA) is 106 Å². The Morgan fingerprint density at radius 1 is 1.05 bits per heavy atom. The van der Waals surface area contributed by atoms with Gasteiger partial charge in [0.2, 0.25) is 5.91 Å². The Hall–Kier alpha value is -4.24. The van der Waals surface area contributed by atoms with E-state index in [2.05, 4.69) is 58.0 Å². The minimum atomic E-state index is 0.144. The number of nitrogens with zero attached hydrogens (tertiary/aromatic N) is 6. The first-order valence-electron chi connectivity index (χ1n) is 13.3. The van der Waals surface area contributed by atoms with Crippen LogP contribution in [0.15, 0.2) is 67.1 Å². The number of piperidine rings is 1. The number of anilines is 1. The molecule has 3 aromatic heterocycles. The molecule has 9 nitrogen and oxygen atoms in total. The van der Waals surface area contributed by atoms with Crippen molar-refractivity contribution in [1.29, 1.82) is 0 Å². The molecule has 38 heavy (non-hydrogen) atoms. The fraction of sp³-hybridized carbons (Fsp3) is 0.310. The number of nitrogen functional groups attached to an aromatic ring is 1. The van der Waals surface area contributed by atoms with Gasteiger partial charge in [-0.3, -0.25) is 9.48 Å². The predicted octanol–water partition coefficient (Wildman–Crippen LogP) is 3.30.